The Labute approximate surface area is 196 Å². The van der Waals surface area contributed by atoms with Crippen LogP contribution in [0.2, 0.25) is 0 Å². The number of piperidine rings is 1. The van der Waals surface area contributed by atoms with E-state index in [4.69, 9.17) is 4.42 Å². The second-order valence-corrected chi connectivity index (χ2v) is 8.52. The Bertz CT molecular complexity index is 1460. The van der Waals surface area contributed by atoms with Crippen molar-refractivity contribution >= 4 is 11.6 Å². The molecule has 1 amide bonds. The standard InChI is InChI=1S/C27H23N5O2/c33-27(31-15-8-11-20(18-31)25-30-29-24-14-6-7-16-32(24)25)22-13-5-4-12-21(22)26-28-17-23(34-26)19-9-2-1-3-10-19/h1-7,9-10,12-14,16-17,20H,8,11,15,18H2/t20-/m0/s1. The highest BCUT2D eigenvalue weighted by Gasteiger charge is 2.30. The predicted molar refractivity (Wildman–Crippen MR) is 128 cm³/mol. The van der Waals surface area contributed by atoms with Crippen LogP contribution in [0.15, 0.2) is 89.6 Å². The molecule has 4 heterocycles. The molecule has 168 valence electrons. The number of carbonyl (C=O) groups is 1. The van der Waals surface area contributed by atoms with Gasteiger partial charge in [-0.25, -0.2) is 4.98 Å². The maximum atomic E-state index is 13.7. The van der Waals surface area contributed by atoms with Crippen LogP contribution in [-0.2, 0) is 0 Å². The first-order valence-corrected chi connectivity index (χ1v) is 11.5. The van der Waals surface area contributed by atoms with E-state index in [0.29, 0.717) is 35.9 Å². The molecule has 0 N–H and O–H groups in total. The third-order valence-electron chi connectivity index (χ3n) is 6.37. The van der Waals surface area contributed by atoms with E-state index in [1.807, 2.05) is 88.3 Å². The molecule has 1 fully saturated rings. The summed E-state index contributed by atoms with van der Waals surface area (Å²) in [5.41, 5.74) is 3.06. The van der Waals surface area contributed by atoms with Gasteiger partial charge in [0.2, 0.25) is 5.89 Å². The minimum Gasteiger partial charge on any atom is -0.436 e. The number of aromatic nitrogens is 4. The molecule has 2 aromatic carbocycles. The summed E-state index contributed by atoms with van der Waals surface area (Å²) in [7, 11) is 0. The van der Waals surface area contributed by atoms with E-state index in [0.717, 1.165) is 29.9 Å². The van der Waals surface area contributed by atoms with Gasteiger partial charge in [0.05, 0.1) is 11.8 Å². The molecular weight excluding hydrogens is 426 g/mol. The van der Waals surface area contributed by atoms with Crippen LogP contribution in [0.3, 0.4) is 0 Å². The number of rotatable bonds is 4. The van der Waals surface area contributed by atoms with Gasteiger partial charge in [0, 0.05) is 36.3 Å². The number of hydrogen-bond donors (Lipinski definition) is 0. The van der Waals surface area contributed by atoms with Gasteiger partial charge in [-0.15, -0.1) is 10.2 Å². The molecule has 0 aliphatic carbocycles. The summed E-state index contributed by atoms with van der Waals surface area (Å²) < 4.78 is 8.08. The van der Waals surface area contributed by atoms with Crippen LogP contribution in [0.1, 0.15) is 34.9 Å². The third kappa shape index (κ3) is 3.65. The lowest BCUT2D eigenvalue weighted by atomic mass is 9.96. The number of hydrogen-bond acceptors (Lipinski definition) is 5. The number of pyridine rings is 1. The molecule has 1 aliphatic heterocycles. The second-order valence-electron chi connectivity index (χ2n) is 8.52. The van der Waals surface area contributed by atoms with Crippen LogP contribution < -0.4 is 0 Å². The monoisotopic (exact) mass is 449 g/mol. The molecule has 0 bridgehead atoms. The normalized spacial score (nSPS) is 16.1. The average Bonchev–Trinajstić information content (AvgIpc) is 3.57. The molecule has 7 heteroatoms. The van der Waals surface area contributed by atoms with Crippen molar-refractivity contribution in [3.8, 4) is 22.8 Å². The molecule has 7 nitrogen and oxygen atoms in total. The summed E-state index contributed by atoms with van der Waals surface area (Å²) in [4.78, 5) is 20.1. The van der Waals surface area contributed by atoms with Crippen molar-refractivity contribution in [2.45, 2.75) is 18.8 Å². The van der Waals surface area contributed by atoms with Gasteiger partial charge in [0.15, 0.2) is 11.4 Å². The van der Waals surface area contributed by atoms with Crippen molar-refractivity contribution in [1.82, 2.24) is 24.5 Å². The van der Waals surface area contributed by atoms with Crippen LogP contribution in [0.25, 0.3) is 28.4 Å². The first-order valence-electron chi connectivity index (χ1n) is 11.5. The van der Waals surface area contributed by atoms with E-state index in [9.17, 15) is 4.79 Å². The molecule has 0 unspecified atom stereocenters. The second kappa shape index (κ2) is 8.59. The summed E-state index contributed by atoms with van der Waals surface area (Å²) in [5, 5.41) is 8.72. The van der Waals surface area contributed by atoms with Crippen molar-refractivity contribution in [2.24, 2.45) is 0 Å². The number of carbonyl (C=O) groups excluding carboxylic acids is 1. The van der Waals surface area contributed by atoms with Gasteiger partial charge >= 0.3 is 0 Å². The van der Waals surface area contributed by atoms with E-state index in [-0.39, 0.29) is 11.8 Å². The number of likely N-dealkylation sites (tertiary alicyclic amines) is 1. The largest absolute Gasteiger partial charge is 0.436 e. The molecule has 34 heavy (non-hydrogen) atoms. The minimum atomic E-state index is -0.0198. The van der Waals surface area contributed by atoms with Crippen LogP contribution >= 0.6 is 0 Å². The maximum absolute atomic E-state index is 13.7. The first-order chi connectivity index (χ1) is 16.8. The summed E-state index contributed by atoms with van der Waals surface area (Å²) in [6.45, 7) is 1.31. The highest BCUT2D eigenvalue weighted by Crippen LogP contribution is 2.31. The van der Waals surface area contributed by atoms with Crippen molar-refractivity contribution in [3.05, 3.63) is 96.6 Å². The fraction of sp³-hybridized carbons (Fsp3) is 0.185. The van der Waals surface area contributed by atoms with Crippen LogP contribution in [0.5, 0.6) is 0 Å². The SMILES string of the molecule is O=C(c1ccccc1-c1ncc(-c2ccccc2)o1)N1CCC[C@H](c2nnc3ccccn23)C1. The summed E-state index contributed by atoms with van der Waals surface area (Å²) in [5.74, 6) is 2.14. The van der Waals surface area contributed by atoms with Crippen molar-refractivity contribution < 1.29 is 9.21 Å². The van der Waals surface area contributed by atoms with Gasteiger partial charge in [0.25, 0.3) is 5.91 Å². The molecule has 1 aliphatic rings. The Morgan fingerprint density at radius 1 is 0.941 bits per heavy atom. The van der Waals surface area contributed by atoms with Crippen molar-refractivity contribution in [3.63, 3.8) is 0 Å². The quantitative estimate of drug-likeness (QED) is 0.383. The number of nitrogens with zero attached hydrogens (tertiary/aromatic N) is 5. The Balaban J connectivity index is 1.28. The van der Waals surface area contributed by atoms with Gasteiger partial charge in [0.1, 0.15) is 5.82 Å². The van der Waals surface area contributed by atoms with Crippen LogP contribution in [-0.4, -0.2) is 43.5 Å². The zero-order chi connectivity index (χ0) is 22.9. The lowest BCUT2D eigenvalue weighted by molar-refractivity contribution is 0.0704. The number of amides is 1. The van der Waals surface area contributed by atoms with Gasteiger partial charge in [-0.3, -0.25) is 9.20 Å². The van der Waals surface area contributed by atoms with Gasteiger partial charge in [-0.1, -0.05) is 48.5 Å². The van der Waals surface area contributed by atoms with E-state index in [1.54, 1.807) is 6.20 Å². The third-order valence-corrected chi connectivity index (χ3v) is 6.37. The summed E-state index contributed by atoms with van der Waals surface area (Å²) in [6.07, 6.45) is 5.58. The summed E-state index contributed by atoms with van der Waals surface area (Å²) >= 11 is 0. The van der Waals surface area contributed by atoms with Gasteiger partial charge in [-0.05, 0) is 37.1 Å². The molecule has 0 saturated carbocycles. The minimum absolute atomic E-state index is 0.0198. The Morgan fingerprint density at radius 2 is 1.76 bits per heavy atom. The van der Waals surface area contributed by atoms with E-state index in [2.05, 4.69) is 15.2 Å². The molecule has 0 radical (unpaired) electrons. The van der Waals surface area contributed by atoms with E-state index < -0.39 is 0 Å². The van der Waals surface area contributed by atoms with Gasteiger partial charge < -0.3 is 9.32 Å². The highest BCUT2D eigenvalue weighted by atomic mass is 16.4. The zero-order valence-corrected chi connectivity index (χ0v) is 18.5. The lowest BCUT2D eigenvalue weighted by Gasteiger charge is -2.32. The molecule has 3 aromatic heterocycles. The fourth-order valence-corrected chi connectivity index (χ4v) is 4.67. The Kier molecular flexibility index (Phi) is 5.14. The zero-order valence-electron chi connectivity index (χ0n) is 18.5. The lowest BCUT2D eigenvalue weighted by Crippen LogP contribution is -2.39. The van der Waals surface area contributed by atoms with Crippen molar-refractivity contribution in [2.75, 3.05) is 13.1 Å². The van der Waals surface area contributed by atoms with Crippen LogP contribution in [0, 0.1) is 0 Å². The van der Waals surface area contributed by atoms with Gasteiger partial charge in [-0.2, -0.15) is 0 Å². The summed E-state index contributed by atoms with van der Waals surface area (Å²) in [6, 6.07) is 23.2. The first kappa shape index (κ1) is 20.4. The van der Waals surface area contributed by atoms with E-state index in [1.165, 1.54) is 0 Å². The van der Waals surface area contributed by atoms with Crippen LogP contribution in [0.4, 0.5) is 0 Å². The Hall–Kier alpha value is -4.26. The molecule has 0 spiro atoms. The molecule has 1 saturated heterocycles. The highest BCUT2D eigenvalue weighted by molar-refractivity contribution is 6.00. The maximum Gasteiger partial charge on any atom is 0.254 e. The number of oxazole rings is 1. The number of benzene rings is 2. The van der Waals surface area contributed by atoms with E-state index >= 15 is 0 Å². The molecular formula is C27H23N5O2. The molecule has 5 aromatic rings. The fourth-order valence-electron chi connectivity index (χ4n) is 4.67. The molecule has 1 atom stereocenters. The topological polar surface area (TPSA) is 76.5 Å². The van der Waals surface area contributed by atoms with Crippen molar-refractivity contribution in [1.29, 1.82) is 0 Å². The number of fused-ring (bicyclic) bond motifs is 1. The smallest absolute Gasteiger partial charge is 0.254 e. The Morgan fingerprint density at radius 3 is 2.68 bits per heavy atom. The predicted octanol–water partition coefficient (Wildman–Crippen LogP) is 5.07. The average molecular weight is 450 g/mol. The molecule has 6 rings (SSSR count).